The van der Waals surface area contributed by atoms with Gasteiger partial charge in [-0.05, 0) is 42.3 Å². The van der Waals surface area contributed by atoms with Crippen molar-refractivity contribution in [1.82, 2.24) is 0 Å². The largest absolute Gasteiger partial charge is 0.396 e. The van der Waals surface area contributed by atoms with Gasteiger partial charge in [-0.15, -0.1) is 0 Å². The Morgan fingerprint density at radius 1 is 1.08 bits per heavy atom. The molecule has 190 valence electrons. The van der Waals surface area contributed by atoms with E-state index in [2.05, 4.69) is 0 Å². The first kappa shape index (κ1) is 25.7. The lowest BCUT2D eigenvalue weighted by atomic mass is 9.82. The molecule has 0 unspecified atom stereocenters. The van der Waals surface area contributed by atoms with E-state index in [1.165, 1.54) is 28.0 Å². The highest BCUT2D eigenvalue weighted by atomic mass is 16.6. The number of non-ortho nitro benzene ring substituents is 1. The molecule has 3 aromatic rings. The van der Waals surface area contributed by atoms with Crippen molar-refractivity contribution in [2.75, 3.05) is 16.4 Å². The molecule has 0 saturated carbocycles. The number of rotatable bonds is 10. The van der Waals surface area contributed by atoms with E-state index in [0.717, 1.165) is 12.0 Å². The zero-order valence-corrected chi connectivity index (χ0v) is 20.2. The molecule has 1 heterocycles. The SMILES string of the molecule is C[C@@H](/C=C/CCO)[C@]1(O)C(=O)N(Cc2ccc(N(C=O)c3ccccc3)cc2)c2ccc([N+](=O)[O-])cc21. The van der Waals surface area contributed by atoms with Gasteiger partial charge in [-0.2, -0.15) is 0 Å². The number of nitro benzene ring substituents is 1. The number of nitro groups is 1. The van der Waals surface area contributed by atoms with Crippen molar-refractivity contribution in [2.24, 2.45) is 5.92 Å². The number of benzene rings is 3. The summed E-state index contributed by atoms with van der Waals surface area (Å²) in [6, 6.07) is 20.3. The number of hydrogen-bond donors (Lipinski definition) is 2. The zero-order valence-electron chi connectivity index (χ0n) is 20.2. The highest BCUT2D eigenvalue weighted by Crippen LogP contribution is 2.47. The number of aliphatic hydroxyl groups is 2. The summed E-state index contributed by atoms with van der Waals surface area (Å²) in [4.78, 5) is 39.1. The van der Waals surface area contributed by atoms with Crippen molar-refractivity contribution in [3.05, 3.63) is 106 Å². The van der Waals surface area contributed by atoms with Gasteiger partial charge >= 0.3 is 0 Å². The van der Waals surface area contributed by atoms with Crippen molar-refractivity contribution in [1.29, 1.82) is 0 Å². The fourth-order valence-electron chi connectivity index (χ4n) is 4.52. The first-order valence-corrected chi connectivity index (χ1v) is 11.8. The number of para-hydroxylation sites is 1. The van der Waals surface area contributed by atoms with Crippen molar-refractivity contribution in [3.8, 4) is 0 Å². The molecule has 1 aliphatic heterocycles. The Labute approximate surface area is 214 Å². The van der Waals surface area contributed by atoms with Crippen LogP contribution in [0.4, 0.5) is 22.7 Å². The van der Waals surface area contributed by atoms with Crippen LogP contribution < -0.4 is 9.80 Å². The first-order chi connectivity index (χ1) is 17.8. The molecule has 2 amide bonds. The fourth-order valence-corrected chi connectivity index (χ4v) is 4.52. The quantitative estimate of drug-likeness (QED) is 0.186. The minimum absolute atomic E-state index is 0.0778. The van der Waals surface area contributed by atoms with Crippen LogP contribution in [-0.2, 0) is 21.7 Å². The van der Waals surface area contributed by atoms with Gasteiger partial charge in [0.25, 0.3) is 11.6 Å². The van der Waals surface area contributed by atoms with Gasteiger partial charge in [0, 0.05) is 41.6 Å². The smallest absolute Gasteiger partial charge is 0.269 e. The molecule has 0 radical (unpaired) electrons. The summed E-state index contributed by atoms with van der Waals surface area (Å²) in [6.45, 7) is 1.70. The molecule has 2 atom stereocenters. The summed E-state index contributed by atoms with van der Waals surface area (Å²) in [7, 11) is 0. The molecular weight excluding hydrogens is 474 g/mol. The summed E-state index contributed by atoms with van der Waals surface area (Å²) < 4.78 is 0. The van der Waals surface area contributed by atoms with Crippen LogP contribution in [-0.4, -0.2) is 34.1 Å². The maximum Gasteiger partial charge on any atom is 0.269 e. The fraction of sp³-hybridized carbons (Fsp3) is 0.214. The minimum Gasteiger partial charge on any atom is -0.396 e. The Kier molecular flexibility index (Phi) is 7.47. The van der Waals surface area contributed by atoms with Gasteiger partial charge in [0.2, 0.25) is 6.41 Å². The Balaban J connectivity index is 1.66. The van der Waals surface area contributed by atoms with Crippen LogP contribution in [0.2, 0.25) is 0 Å². The lowest BCUT2D eigenvalue weighted by Crippen LogP contribution is -2.44. The Hall–Kier alpha value is -4.34. The van der Waals surface area contributed by atoms with Gasteiger partial charge in [-0.25, -0.2) is 0 Å². The Bertz CT molecular complexity index is 1330. The maximum atomic E-state index is 13.6. The second-order valence-electron chi connectivity index (χ2n) is 8.82. The zero-order chi connectivity index (χ0) is 26.6. The van der Waals surface area contributed by atoms with Crippen LogP contribution in [0.25, 0.3) is 0 Å². The molecule has 9 heteroatoms. The second-order valence-corrected chi connectivity index (χ2v) is 8.82. The Morgan fingerprint density at radius 2 is 1.76 bits per heavy atom. The number of fused-ring (bicyclic) bond motifs is 1. The third kappa shape index (κ3) is 4.87. The van der Waals surface area contributed by atoms with E-state index < -0.39 is 22.3 Å². The second kappa shape index (κ2) is 10.7. The van der Waals surface area contributed by atoms with Crippen LogP contribution in [0.1, 0.15) is 24.5 Å². The highest BCUT2D eigenvalue weighted by Gasteiger charge is 2.53. The molecule has 0 aromatic heterocycles. The molecule has 37 heavy (non-hydrogen) atoms. The molecule has 3 aromatic carbocycles. The summed E-state index contributed by atoms with van der Waals surface area (Å²) in [5.41, 5.74) is 0.431. The monoisotopic (exact) mass is 501 g/mol. The highest BCUT2D eigenvalue weighted by molar-refractivity contribution is 6.07. The van der Waals surface area contributed by atoms with Crippen LogP contribution in [0.3, 0.4) is 0 Å². The molecule has 0 fully saturated rings. The summed E-state index contributed by atoms with van der Waals surface area (Å²) in [5.74, 6) is -1.29. The predicted octanol–water partition coefficient (Wildman–Crippen LogP) is 4.20. The van der Waals surface area contributed by atoms with Gasteiger partial charge in [0.1, 0.15) is 0 Å². The maximum absolute atomic E-state index is 13.6. The molecule has 0 aliphatic carbocycles. The van der Waals surface area contributed by atoms with Crippen molar-refractivity contribution in [2.45, 2.75) is 25.5 Å². The number of carbonyl (C=O) groups excluding carboxylic acids is 2. The lowest BCUT2D eigenvalue weighted by Gasteiger charge is -2.27. The van der Waals surface area contributed by atoms with E-state index in [9.17, 15) is 24.8 Å². The molecule has 4 rings (SSSR count). The molecule has 9 nitrogen and oxygen atoms in total. The lowest BCUT2D eigenvalue weighted by molar-refractivity contribution is -0.385. The molecule has 0 bridgehead atoms. The summed E-state index contributed by atoms with van der Waals surface area (Å²) in [5, 5.41) is 32.1. The average molecular weight is 502 g/mol. The number of anilines is 3. The van der Waals surface area contributed by atoms with E-state index in [1.54, 1.807) is 43.3 Å². The number of amides is 2. The Morgan fingerprint density at radius 3 is 2.38 bits per heavy atom. The van der Waals surface area contributed by atoms with Crippen molar-refractivity contribution < 1.29 is 24.7 Å². The average Bonchev–Trinajstić information content (AvgIpc) is 3.13. The van der Waals surface area contributed by atoms with Gasteiger partial charge in [-0.3, -0.25) is 24.6 Å². The van der Waals surface area contributed by atoms with Crippen LogP contribution in [0, 0.1) is 16.0 Å². The van der Waals surface area contributed by atoms with Crippen LogP contribution >= 0.6 is 0 Å². The summed E-state index contributed by atoms with van der Waals surface area (Å²) >= 11 is 0. The minimum atomic E-state index is -2.01. The standard InChI is InChI=1S/C28H27N3O6/c1-20(7-5-6-16-32)28(35)25-17-24(31(36)37)14-15-26(25)29(27(28)34)18-21-10-12-23(13-11-21)30(19-33)22-8-3-2-4-9-22/h2-5,7-15,17,19-20,32,35H,6,16,18H2,1H3/b7-5+/t20-,28+/m0/s1. The molecule has 0 spiro atoms. The van der Waals surface area contributed by atoms with E-state index in [0.29, 0.717) is 23.5 Å². The molecule has 2 N–H and O–H groups in total. The predicted molar refractivity (Wildman–Crippen MR) is 139 cm³/mol. The topological polar surface area (TPSA) is 124 Å². The van der Waals surface area contributed by atoms with E-state index >= 15 is 0 Å². The van der Waals surface area contributed by atoms with Crippen molar-refractivity contribution in [3.63, 3.8) is 0 Å². The first-order valence-electron chi connectivity index (χ1n) is 11.8. The van der Waals surface area contributed by atoms with Gasteiger partial charge in [0.05, 0.1) is 17.2 Å². The third-order valence-electron chi connectivity index (χ3n) is 6.54. The number of carbonyl (C=O) groups is 2. The van der Waals surface area contributed by atoms with Crippen molar-refractivity contribution >= 4 is 35.1 Å². The van der Waals surface area contributed by atoms with Gasteiger partial charge in [-0.1, -0.05) is 49.4 Å². The van der Waals surface area contributed by atoms with Crippen LogP contribution in [0.5, 0.6) is 0 Å². The molecule has 1 aliphatic rings. The summed E-state index contributed by atoms with van der Waals surface area (Å²) in [6.07, 6.45) is 4.38. The van der Waals surface area contributed by atoms with Crippen LogP contribution in [0.15, 0.2) is 84.9 Å². The van der Waals surface area contributed by atoms with E-state index in [4.69, 9.17) is 5.11 Å². The molecular formula is C28H27N3O6. The normalized spacial score (nSPS) is 17.6. The van der Waals surface area contributed by atoms with Gasteiger partial charge in [0.15, 0.2) is 5.60 Å². The van der Waals surface area contributed by atoms with E-state index in [1.807, 2.05) is 30.3 Å². The van der Waals surface area contributed by atoms with Gasteiger partial charge < -0.3 is 15.1 Å². The number of aliphatic hydroxyl groups excluding tert-OH is 1. The number of hydrogen-bond acceptors (Lipinski definition) is 6. The molecule has 0 saturated heterocycles. The van der Waals surface area contributed by atoms with E-state index in [-0.39, 0.29) is 24.4 Å². The number of nitrogens with zero attached hydrogens (tertiary/aromatic N) is 3. The third-order valence-corrected chi connectivity index (χ3v) is 6.54.